The predicted molar refractivity (Wildman–Crippen MR) is 124 cm³/mol. The number of ether oxygens (including phenoxy) is 3. The number of aryl methyl sites for hydroxylation is 1. The lowest BCUT2D eigenvalue weighted by atomic mass is 10.2. The van der Waals surface area contributed by atoms with Crippen molar-refractivity contribution in [3.05, 3.63) is 35.5 Å². The fourth-order valence-corrected chi connectivity index (χ4v) is 4.46. The van der Waals surface area contributed by atoms with Crippen molar-refractivity contribution in [3.63, 3.8) is 0 Å². The molecular formula is C20H24ClN7O5S. The molecule has 0 saturated carbocycles. The predicted octanol–water partition coefficient (Wildman–Crippen LogP) is 2.13. The highest BCUT2D eigenvalue weighted by molar-refractivity contribution is 7.92. The number of pyridine rings is 1. The number of aromatic nitrogens is 6. The Morgan fingerprint density at radius 1 is 1.26 bits per heavy atom. The minimum absolute atomic E-state index is 0.0497. The smallest absolute Gasteiger partial charge is 0.258 e. The summed E-state index contributed by atoms with van der Waals surface area (Å²) in [5.41, 5.74) is 0.580. The molecular weight excluding hydrogens is 486 g/mol. The zero-order valence-electron chi connectivity index (χ0n) is 18.8. The molecule has 3 aromatic rings. The normalized spacial score (nSPS) is 15.3. The first kappa shape index (κ1) is 24.1. The largest absolute Gasteiger partial charge is 0.485 e. The Morgan fingerprint density at radius 2 is 2.03 bits per heavy atom. The molecule has 34 heavy (non-hydrogen) atoms. The zero-order valence-corrected chi connectivity index (χ0v) is 20.4. The first-order valence-corrected chi connectivity index (χ1v) is 12.5. The van der Waals surface area contributed by atoms with Crippen molar-refractivity contribution < 1.29 is 22.6 Å². The highest BCUT2D eigenvalue weighted by Gasteiger charge is 2.31. The van der Waals surface area contributed by atoms with Crippen molar-refractivity contribution >= 4 is 27.6 Å². The summed E-state index contributed by atoms with van der Waals surface area (Å²) in [4.78, 5) is 12.3. The second-order valence-electron chi connectivity index (χ2n) is 7.79. The molecule has 4 heterocycles. The van der Waals surface area contributed by atoms with Crippen LogP contribution in [-0.4, -0.2) is 70.3 Å². The molecule has 0 aliphatic carbocycles. The van der Waals surface area contributed by atoms with Gasteiger partial charge in [-0.25, -0.2) is 23.4 Å². The van der Waals surface area contributed by atoms with E-state index in [1.165, 1.54) is 12.4 Å². The summed E-state index contributed by atoms with van der Waals surface area (Å²) in [6, 6.07) is 1.31. The first-order valence-electron chi connectivity index (χ1n) is 10.5. The van der Waals surface area contributed by atoms with Crippen LogP contribution in [0.1, 0.15) is 25.7 Å². The molecule has 1 aliphatic rings. The molecule has 1 aliphatic heterocycles. The summed E-state index contributed by atoms with van der Waals surface area (Å²) in [5, 5.41) is 8.74. The molecule has 0 aromatic carbocycles. The lowest BCUT2D eigenvalue weighted by Gasteiger charge is -2.19. The molecule has 4 rings (SSSR count). The second kappa shape index (κ2) is 10.1. The number of nitrogens with one attached hydrogen (secondary N) is 1. The highest BCUT2D eigenvalue weighted by atomic mass is 35.5. The van der Waals surface area contributed by atoms with E-state index in [2.05, 4.69) is 29.9 Å². The molecule has 0 fully saturated rings. The Bertz CT molecular complexity index is 1250. The van der Waals surface area contributed by atoms with Gasteiger partial charge in [-0.15, -0.1) is 10.2 Å². The standard InChI is InChI=1S/C20H24ClN7O5S/c1-12(2)33-19-17-15(4-6-22-19)18-25-26-20(28(18)14(10-31-3)11-32-17)27-34(29,30)7-5-16-23-8-13(21)9-24-16/h4,6,8-9,12,14H,5,7,10-11H2,1-3H3,(H,26,27)/t14-/m1/s1. The molecule has 0 unspecified atom stereocenters. The molecule has 0 radical (unpaired) electrons. The van der Waals surface area contributed by atoms with Crippen molar-refractivity contribution in [1.82, 2.24) is 29.7 Å². The molecule has 1 N–H and O–H groups in total. The van der Waals surface area contributed by atoms with Crippen molar-refractivity contribution in [1.29, 1.82) is 0 Å². The van der Waals surface area contributed by atoms with E-state index in [4.69, 9.17) is 25.8 Å². The minimum Gasteiger partial charge on any atom is -0.485 e. The number of rotatable bonds is 9. The van der Waals surface area contributed by atoms with Crippen LogP contribution in [0.2, 0.25) is 5.02 Å². The van der Waals surface area contributed by atoms with Crippen LogP contribution in [0, 0.1) is 0 Å². The third kappa shape index (κ3) is 5.37. The Morgan fingerprint density at radius 3 is 2.74 bits per heavy atom. The Hall–Kier alpha value is -3.03. The van der Waals surface area contributed by atoms with Crippen molar-refractivity contribution in [3.8, 4) is 23.0 Å². The van der Waals surface area contributed by atoms with Crippen molar-refractivity contribution in [2.75, 3.05) is 30.8 Å². The van der Waals surface area contributed by atoms with Gasteiger partial charge in [0.25, 0.3) is 5.88 Å². The fourth-order valence-electron chi connectivity index (χ4n) is 3.40. The van der Waals surface area contributed by atoms with Crippen LogP contribution in [0.25, 0.3) is 11.4 Å². The third-order valence-corrected chi connectivity index (χ3v) is 6.25. The number of hydrogen-bond acceptors (Lipinski definition) is 10. The van der Waals surface area contributed by atoms with E-state index in [1.54, 1.807) is 23.9 Å². The van der Waals surface area contributed by atoms with Crippen molar-refractivity contribution in [2.45, 2.75) is 32.4 Å². The summed E-state index contributed by atoms with van der Waals surface area (Å²) in [6.07, 6.45) is 4.39. The summed E-state index contributed by atoms with van der Waals surface area (Å²) in [6.45, 7) is 4.17. The van der Waals surface area contributed by atoms with Crippen LogP contribution < -0.4 is 14.2 Å². The average molecular weight is 510 g/mol. The van der Waals surface area contributed by atoms with Crippen LogP contribution in [0.3, 0.4) is 0 Å². The number of halogens is 1. The molecule has 0 amide bonds. The number of fused-ring (bicyclic) bond motifs is 3. The monoisotopic (exact) mass is 509 g/mol. The summed E-state index contributed by atoms with van der Waals surface area (Å²) in [7, 11) is -2.25. The molecule has 12 nitrogen and oxygen atoms in total. The number of nitrogens with zero attached hydrogens (tertiary/aromatic N) is 6. The lowest BCUT2D eigenvalue weighted by molar-refractivity contribution is 0.123. The van der Waals surface area contributed by atoms with E-state index in [0.29, 0.717) is 33.9 Å². The van der Waals surface area contributed by atoms with Crippen LogP contribution in [-0.2, 0) is 21.2 Å². The van der Waals surface area contributed by atoms with Gasteiger partial charge in [-0.05, 0) is 19.9 Å². The maximum atomic E-state index is 12.8. The number of methoxy groups -OCH3 is 1. The number of hydrogen-bond donors (Lipinski definition) is 1. The van der Waals surface area contributed by atoms with Crippen LogP contribution in [0.4, 0.5) is 5.95 Å². The van der Waals surface area contributed by atoms with Crippen LogP contribution in [0.5, 0.6) is 11.6 Å². The van der Waals surface area contributed by atoms with Gasteiger partial charge in [0.1, 0.15) is 12.4 Å². The quantitative estimate of drug-likeness (QED) is 0.455. The average Bonchev–Trinajstić information content (AvgIpc) is 3.11. The van der Waals surface area contributed by atoms with E-state index in [9.17, 15) is 8.42 Å². The second-order valence-corrected chi connectivity index (χ2v) is 10.1. The van der Waals surface area contributed by atoms with Gasteiger partial charge >= 0.3 is 0 Å². The van der Waals surface area contributed by atoms with E-state index in [0.717, 1.165) is 0 Å². The van der Waals surface area contributed by atoms with Gasteiger partial charge < -0.3 is 14.2 Å². The van der Waals surface area contributed by atoms with Gasteiger partial charge in [0.2, 0.25) is 16.0 Å². The Labute approximate surface area is 201 Å². The van der Waals surface area contributed by atoms with E-state index in [-0.39, 0.29) is 37.4 Å². The summed E-state index contributed by atoms with van der Waals surface area (Å²) >= 11 is 5.78. The SMILES string of the molecule is COC[C@@H]1COc2c(ccnc2OC(C)C)-c2nnc(NS(=O)(=O)CCc3ncc(Cl)cn3)n21. The Balaban J connectivity index is 1.65. The van der Waals surface area contributed by atoms with Crippen LogP contribution >= 0.6 is 11.6 Å². The maximum Gasteiger partial charge on any atom is 0.258 e. The van der Waals surface area contributed by atoms with Gasteiger partial charge in [-0.3, -0.25) is 9.29 Å². The topological polar surface area (TPSA) is 143 Å². The molecule has 0 saturated heterocycles. The van der Waals surface area contributed by atoms with E-state index >= 15 is 0 Å². The van der Waals surface area contributed by atoms with Gasteiger partial charge in [0.15, 0.2) is 11.6 Å². The summed E-state index contributed by atoms with van der Waals surface area (Å²) in [5.74, 6) is 1.30. The fraction of sp³-hybridized carbons (Fsp3) is 0.450. The lowest BCUT2D eigenvalue weighted by Crippen LogP contribution is -2.26. The molecule has 3 aromatic heterocycles. The number of sulfonamides is 1. The van der Waals surface area contributed by atoms with E-state index in [1.807, 2.05) is 13.8 Å². The minimum atomic E-state index is -3.80. The highest BCUT2D eigenvalue weighted by Crippen LogP contribution is 2.41. The van der Waals surface area contributed by atoms with Gasteiger partial charge in [0.05, 0.1) is 35.1 Å². The number of anilines is 1. The molecule has 182 valence electrons. The first-order chi connectivity index (χ1) is 16.3. The zero-order chi connectivity index (χ0) is 24.3. The Kier molecular flexibility index (Phi) is 7.14. The molecule has 1 atom stereocenters. The van der Waals surface area contributed by atoms with Crippen LogP contribution in [0.15, 0.2) is 24.7 Å². The third-order valence-electron chi connectivity index (χ3n) is 4.82. The summed E-state index contributed by atoms with van der Waals surface area (Å²) < 4.78 is 47.0. The van der Waals surface area contributed by atoms with E-state index < -0.39 is 16.1 Å². The van der Waals surface area contributed by atoms with Gasteiger partial charge in [0, 0.05) is 32.1 Å². The molecule has 0 spiro atoms. The van der Waals surface area contributed by atoms with Crippen molar-refractivity contribution in [2.24, 2.45) is 0 Å². The van der Waals surface area contributed by atoms with Gasteiger partial charge in [-0.1, -0.05) is 11.6 Å². The molecule has 14 heteroatoms. The molecule has 0 bridgehead atoms. The maximum absolute atomic E-state index is 12.8. The van der Waals surface area contributed by atoms with Gasteiger partial charge in [-0.2, -0.15) is 0 Å².